The van der Waals surface area contributed by atoms with Crippen LogP contribution in [0.3, 0.4) is 0 Å². The molecule has 0 radical (unpaired) electrons. The van der Waals surface area contributed by atoms with E-state index >= 15 is 0 Å². The highest BCUT2D eigenvalue weighted by Crippen LogP contribution is 2.33. The summed E-state index contributed by atoms with van der Waals surface area (Å²) in [4.78, 5) is -0.454. The van der Waals surface area contributed by atoms with Crippen LogP contribution in [0.25, 0.3) is 0 Å². The highest BCUT2D eigenvalue weighted by molar-refractivity contribution is 7.89. The van der Waals surface area contributed by atoms with E-state index in [0.29, 0.717) is 0 Å². The molecular formula is C10H12Cl3NO5S. The molecular weight excluding hydrogens is 353 g/mol. The van der Waals surface area contributed by atoms with E-state index in [-0.39, 0.29) is 15.1 Å². The Labute approximate surface area is 130 Å². The summed E-state index contributed by atoms with van der Waals surface area (Å²) in [5.74, 6) is 0. The van der Waals surface area contributed by atoms with Crippen LogP contribution in [0, 0.1) is 0 Å². The Morgan fingerprint density at radius 3 is 1.75 bits per heavy atom. The van der Waals surface area contributed by atoms with E-state index in [1.165, 1.54) is 12.1 Å². The van der Waals surface area contributed by atoms with E-state index in [2.05, 4.69) is 0 Å². The van der Waals surface area contributed by atoms with Crippen molar-refractivity contribution in [3.8, 4) is 0 Å². The number of aliphatic hydroxyl groups excluding tert-OH is 3. The van der Waals surface area contributed by atoms with Crippen LogP contribution >= 0.6 is 34.8 Å². The van der Waals surface area contributed by atoms with Crippen LogP contribution in [-0.4, -0.2) is 49.1 Å². The molecule has 0 saturated carbocycles. The molecule has 0 aliphatic rings. The van der Waals surface area contributed by atoms with E-state index in [0.717, 1.165) is 0 Å². The summed E-state index contributed by atoms with van der Waals surface area (Å²) >= 11 is 17.3. The number of benzene rings is 1. The van der Waals surface area contributed by atoms with Gasteiger partial charge >= 0.3 is 0 Å². The van der Waals surface area contributed by atoms with Crippen LogP contribution < -0.4 is 4.72 Å². The van der Waals surface area contributed by atoms with Gasteiger partial charge in [-0.1, -0.05) is 34.8 Å². The molecule has 114 valence electrons. The first kappa shape index (κ1) is 17.9. The standard InChI is InChI=1S/C10H12Cl3NO5S/c11-6-1-7(12)9(8(13)2-6)20(18,19)14-10(3-15,4-16)5-17/h1-2,14-17H,3-5H2. The van der Waals surface area contributed by atoms with Crippen LogP contribution in [-0.2, 0) is 10.0 Å². The molecule has 6 nitrogen and oxygen atoms in total. The van der Waals surface area contributed by atoms with Crippen molar-refractivity contribution in [2.24, 2.45) is 0 Å². The van der Waals surface area contributed by atoms with Crippen LogP contribution in [0.4, 0.5) is 0 Å². The van der Waals surface area contributed by atoms with Crippen molar-refractivity contribution in [1.82, 2.24) is 4.72 Å². The second-order valence-corrected chi connectivity index (χ2v) is 6.93. The van der Waals surface area contributed by atoms with Gasteiger partial charge in [-0.3, -0.25) is 0 Å². The monoisotopic (exact) mass is 363 g/mol. The number of sulfonamides is 1. The Hall–Kier alpha value is -0.120. The fourth-order valence-electron chi connectivity index (χ4n) is 1.37. The number of hydrogen-bond donors (Lipinski definition) is 4. The van der Waals surface area contributed by atoms with Crippen molar-refractivity contribution < 1.29 is 23.7 Å². The number of hydrogen-bond acceptors (Lipinski definition) is 5. The molecule has 20 heavy (non-hydrogen) atoms. The molecule has 0 aliphatic heterocycles. The maximum Gasteiger partial charge on any atom is 0.244 e. The van der Waals surface area contributed by atoms with Crippen molar-refractivity contribution >= 4 is 44.8 Å². The van der Waals surface area contributed by atoms with Gasteiger partial charge in [-0.2, -0.15) is 4.72 Å². The van der Waals surface area contributed by atoms with Gasteiger partial charge in [0.15, 0.2) is 0 Å². The third-order valence-electron chi connectivity index (χ3n) is 2.49. The summed E-state index contributed by atoms with van der Waals surface area (Å²) in [6.45, 7) is -2.45. The number of aliphatic hydroxyl groups is 3. The van der Waals surface area contributed by atoms with Crippen molar-refractivity contribution in [3.05, 3.63) is 27.2 Å². The first-order valence-electron chi connectivity index (χ1n) is 5.22. The maximum absolute atomic E-state index is 12.2. The lowest BCUT2D eigenvalue weighted by Crippen LogP contribution is -2.56. The molecule has 10 heteroatoms. The molecule has 0 saturated heterocycles. The summed E-state index contributed by atoms with van der Waals surface area (Å²) in [5.41, 5.74) is -1.83. The average molecular weight is 365 g/mol. The minimum absolute atomic E-state index is 0.150. The Morgan fingerprint density at radius 1 is 1.00 bits per heavy atom. The van der Waals surface area contributed by atoms with Crippen molar-refractivity contribution in [1.29, 1.82) is 0 Å². The quantitative estimate of drug-likeness (QED) is 0.593. The summed E-state index contributed by atoms with van der Waals surface area (Å²) in [6, 6.07) is 2.37. The molecule has 0 atom stereocenters. The molecule has 1 aromatic rings. The van der Waals surface area contributed by atoms with Crippen molar-refractivity contribution in [3.63, 3.8) is 0 Å². The number of nitrogens with one attached hydrogen (secondary N) is 1. The van der Waals surface area contributed by atoms with Gasteiger partial charge in [-0.05, 0) is 12.1 Å². The van der Waals surface area contributed by atoms with Crippen molar-refractivity contribution in [2.75, 3.05) is 19.8 Å². The van der Waals surface area contributed by atoms with E-state index < -0.39 is 40.3 Å². The van der Waals surface area contributed by atoms with Gasteiger partial charge in [0, 0.05) is 5.02 Å². The van der Waals surface area contributed by atoms with Gasteiger partial charge < -0.3 is 15.3 Å². The molecule has 1 rings (SSSR count). The van der Waals surface area contributed by atoms with E-state index in [9.17, 15) is 8.42 Å². The summed E-state index contributed by atoms with van der Waals surface area (Å²) < 4.78 is 26.4. The smallest absolute Gasteiger partial charge is 0.244 e. The topological polar surface area (TPSA) is 107 Å². The third kappa shape index (κ3) is 3.75. The third-order valence-corrected chi connectivity index (χ3v) is 5.21. The second kappa shape index (κ2) is 6.76. The zero-order chi connectivity index (χ0) is 15.6. The highest BCUT2D eigenvalue weighted by Gasteiger charge is 2.35. The van der Waals surface area contributed by atoms with Crippen LogP contribution in [0.15, 0.2) is 17.0 Å². The molecule has 4 N–H and O–H groups in total. The van der Waals surface area contributed by atoms with E-state index in [1.54, 1.807) is 0 Å². The van der Waals surface area contributed by atoms with Gasteiger partial charge in [-0.15, -0.1) is 0 Å². The highest BCUT2D eigenvalue weighted by atomic mass is 35.5. The largest absolute Gasteiger partial charge is 0.394 e. The molecule has 0 spiro atoms. The molecule has 0 heterocycles. The van der Waals surface area contributed by atoms with Gasteiger partial charge in [0.25, 0.3) is 0 Å². The van der Waals surface area contributed by atoms with Gasteiger partial charge in [-0.25, -0.2) is 8.42 Å². The minimum atomic E-state index is -4.28. The summed E-state index contributed by atoms with van der Waals surface area (Å²) in [7, 11) is -4.28. The Bertz CT molecular complexity index is 557. The van der Waals surface area contributed by atoms with Crippen LogP contribution in [0.2, 0.25) is 15.1 Å². The Kier molecular flexibility index (Phi) is 6.06. The lowest BCUT2D eigenvalue weighted by Gasteiger charge is -2.28. The SMILES string of the molecule is O=S(=O)(NC(CO)(CO)CO)c1c(Cl)cc(Cl)cc1Cl. The zero-order valence-electron chi connectivity index (χ0n) is 9.98. The number of halogens is 3. The Balaban J connectivity index is 3.32. The van der Waals surface area contributed by atoms with Gasteiger partial charge in [0.2, 0.25) is 10.0 Å². The fraction of sp³-hybridized carbons (Fsp3) is 0.400. The summed E-state index contributed by atoms with van der Waals surface area (Å²) in [6.07, 6.45) is 0. The van der Waals surface area contributed by atoms with Crippen LogP contribution in [0.5, 0.6) is 0 Å². The van der Waals surface area contributed by atoms with Gasteiger partial charge in [0.1, 0.15) is 10.4 Å². The summed E-state index contributed by atoms with van der Waals surface area (Å²) in [5, 5.41) is 27.1. The lowest BCUT2D eigenvalue weighted by molar-refractivity contribution is 0.0582. The molecule has 0 fully saturated rings. The average Bonchev–Trinajstić information content (AvgIpc) is 2.34. The molecule has 0 amide bonds. The van der Waals surface area contributed by atoms with Crippen molar-refractivity contribution in [2.45, 2.75) is 10.4 Å². The fourth-order valence-corrected chi connectivity index (χ4v) is 4.29. The second-order valence-electron chi connectivity index (χ2n) is 4.06. The molecule has 0 unspecified atom stereocenters. The predicted octanol–water partition coefficient (Wildman–Crippen LogP) is 0.641. The van der Waals surface area contributed by atoms with E-state index in [4.69, 9.17) is 50.1 Å². The predicted molar refractivity (Wildman–Crippen MR) is 75.8 cm³/mol. The lowest BCUT2D eigenvalue weighted by atomic mass is 10.1. The van der Waals surface area contributed by atoms with Crippen LogP contribution in [0.1, 0.15) is 0 Å². The maximum atomic E-state index is 12.2. The molecule has 0 aromatic heterocycles. The Morgan fingerprint density at radius 2 is 1.40 bits per heavy atom. The first-order valence-corrected chi connectivity index (χ1v) is 7.84. The first-order chi connectivity index (χ1) is 9.21. The number of rotatable bonds is 6. The molecule has 1 aromatic carbocycles. The normalized spacial score (nSPS) is 12.7. The molecule has 0 aliphatic carbocycles. The van der Waals surface area contributed by atoms with E-state index in [1.807, 2.05) is 4.72 Å². The zero-order valence-corrected chi connectivity index (χ0v) is 13.1. The van der Waals surface area contributed by atoms with Gasteiger partial charge in [0.05, 0.1) is 29.9 Å². The minimum Gasteiger partial charge on any atom is -0.394 e. The molecule has 0 bridgehead atoms.